The van der Waals surface area contributed by atoms with E-state index in [4.69, 9.17) is 4.74 Å². The number of aryl methyl sites for hydroxylation is 1. The number of ether oxygens (including phenoxy) is 1. The van der Waals surface area contributed by atoms with Gasteiger partial charge in [-0.2, -0.15) is 0 Å². The van der Waals surface area contributed by atoms with Gasteiger partial charge in [-0.15, -0.1) is 0 Å². The molecule has 1 fully saturated rings. The second kappa shape index (κ2) is 7.83. The number of carbonyl (C=O) groups is 1. The van der Waals surface area contributed by atoms with Crippen molar-refractivity contribution < 1.29 is 9.53 Å². The molecule has 134 valence electrons. The monoisotopic (exact) mass is 334 g/mol. The van der Waals surface area contributed by atoms with Crippen molar-refractivity contribution in [1.82, 2.24) is 14.8 Å². The predicted molar refractivity (Wildman–Crippen MR) is 96.5 cm³/mol. The minimum atomic E-state index is -0.446. The van der Waals surface area contributed by atoms with Gasteiger partial charge in [0.15, 0.2) is 0 Å². The molecule has 1 saturated heterocycles. The number of hydrogen-bond donors (Lipinski definition) is 0. The fourth-order valence-electron chi connectivity index (χ4n) is 2.57. The summed E-state index contributed by atoms with van der Waals surface area (Å²) in [4.78, 5) is 22.8. The highest BCUT2D eigenvalue weighted by atomic mass is 16.6. The van der Waals surface area contributed by atoms with Crippen molar-refractivity contribution in [2.45, 2.75) is 33.3 Å². The van der Waals surface area contributed by atoms with Crippen LogP contribution in [-0.2, 0) is 4.74 Å². The van der Waals surface area contributed by atoms with Crippen molar-refractivity contribution in [2.24, 2.45) is 0 Å². The Hall–Kier alpha value is -1.82. The van der Waals surface area contributed by atoms with Crippen LogP contribution in [0.2, 0.25) is 0 Å². The predicted octanol–water partition coefficient (Wildman–Crippen LogP) is 2.38. The molecule has 0 unspecified atom stereocenters. The third kappa shape index (κ3) is 5.67. The lowest BCUT2D eigenvalue weighted by molar-refractivity contribution is 0.0282. The van der Waals surface area contributed by atoms with Crippen molar-refractivity contribution in [3.05, 3.63) is 23.9 Å². The Bertz CT molecular complexity index is 531. The highest BCUT2D eigenvalue weighted by Crippen LogP contribution is 2.14. The molecular weight excluding hydrogens is 304 g/mol. The standard InChI is InChI=1S/C18H30N4O2/c1-15-6-7-16(19-14-15)22-12-10-21(11-13-22)9-8-20(5)17(23)24-18(2,3)4/h6-7,14H,8-13H2,1-5H3. The van der Waals surface area contributed by atoms with Gasteiger partial charge in [-0.1, -0.05) is 6.07 Å². The Morgan fingerprint density at radius 3 is 2.46 bits per heavy atom. The summed E-state index contributed by atoms with van der Waals surface area (Å²) in [7, 11) is 1.79. The highest BCUT2D eigenvalue weighted by Gasteiger charge is 2.21. The second-order valence-electron chi connectivity index (χ2n) is 7.42. The molecule has 1 amide bonds. The van der Waals surface area contributed by atoms with Crippen LogP contribution in [0.15, 0.2) is 18.3 Å². The van der Waals surface area contributed by atoms with Crippen LogP contribution in [0.1, 0.15) is 26.3 Å². The van der Waals surface area contributed by atoms with Gasteiger partial charge in [0.1, 0.15) is 11.4 Å². The summed E-state index contributed by atoms with van der Waals surface area (Å²) in [5.41, 5.74) is 0.737. The number of anilines is 1. The van der Waals surface area contributed by atoms with Crippen LogP contribution in [0, 0.1) is 6.92 Å². The number of carbonyl (C=O) groups excluding carboxylic acids is 1. The zero-order valence-electron chi connectivity index (χ0n) is 15.6. The Morgan fingerprint density at radius 2 is 1.92 bits per heavy atom. The maximum atomic E-state index is 12.0. The van der Waals surface area contributed by atoms with Crippen LogP contribution in [0.25, 0.3) is 0 Å². The minimum Gasteiger partial charge on any atom is -0.444 e. The smallest absolute Gasteiger partial charge is 0.410 e. The zero-order valence-corrected chi connectivity index (χ0v) is 15.6. The largest absolute Gasteiger partial charge is 0.444 e. The van der Waals surface area contributed by atoms with Crippen molar-refractivity contribution in [3.8, 4) is 0 Å². The molecule has 2 heterocycles. The molecule has 1 aromatic rings. The molecular formula is C18H30N4O2. The summed E-state index contributed by atoms with van der Waals surface area (Å²) in [5.74, 6) is 1.05. The summed E-state index contributed by atoms with van der Waals surface area (Å²) < 4.78 is 5.38. The van der Waals surface area contributed by atoms with Crippen LogP contribution < -0.4 is 4.90 Å². The van der Waals surface area contributed by atoms with E-state index in [9.17, 15) is 4.79 Å². The number of amides is 1. The quantitative estimate of drug-likeness (QED) is 0.846. The van der Waals surface area contributed by atoms with Crippen LogP contribution in [0.4, 0.5) is 10.6 Å². The van der Waals surface area contributed by atoms with E-state index < -0.39 is 5.60 Å². The second-order valence-corrected chi connectivity index (χ2v) is 7.42. The average molecular weight is 334 g/mol. The fourth-order valence-corrected chi connectivity index (χ4v) is 2.57. The number of nitrogens with zero attached hydrogens (tertiary/aromatic N) is 4. The number of pyridine rings is 1. The van der Waals surface area contributed by atoms with Crippen molar-refractivity contribution in [1.29, 1.82) is 0 Å². The highest BCUT2D eigenvalue weighted by molar-refractivity contribution is 5.67. The molecule has 6 heteroatoms. The third-order valence-corrected chi connectivity index (χ3v) is 4.05. The van der Waals surface area contributed by atoms with Crippen LogP contribution in [0.3, 0.4) is 0 Å². The molecule has 1 aliphatic heterocycles. The Kier molecular flexibility index (Phi) is 6.04. The summed E-state index contributed by atoms with van der Waals surface area (Å²) in [5, 5.41) is 0. The van der Waals surface area contributed by atoms with E-state index in [-0.39, 0.29) is 6.09 Å². The van der Waals surface area contributed by atoms with E-state index >= 15 is 0 Å². The fraction of sp³-hybridized carbons (Fsp3) is 0.667. The molecule has 0 radical (unpaired) electrons. The molecule has 1 aromatic heterocycles. The lowest BCUT2D eigenvalue weighted by Crippen LogP contribution is -2.49. The summed E-state index contributed by atoms with van der Waals surface area (Å²) >= 11 is 0. The first kappa shape index (κ1) is 18.5. The van der Waals surface area contributed by atoms with E-state index in [0.29, 0.717) is 6.54 Å². The van der Waals surface area contributed by atoms with Gasteiger partial charge >= 0.3 is 6.09 Å². The minimum absolute atomic E-state index is 0.259. The molecule has 0 bridgehead atoms. The van der Waals surface area contributed by atoms with Gasteiger partial charge in [-0.25, -0.2) is 9.78 Å². The van der Waals surface area contributed by atoms with Gasteiger partial charge < -0.3 is 14.5 Å². The van der Waals surface area contributed by atoms with Gasteiger partial charge in [0.05, 0.1) is 0 Å². The number of likely N-dealkylation sites (N-methyl/N-ethyl adjacent to an activating group) is 1. The molecule has 0 N–H and O–H groups in total. The Morgan fingerprint density at radius 1 is 1.25 bits per heavy atom. The van der Waals surface area contributed by atoms with Gasteiger partial charge in [0.25, 0.3) is 0 Å². The zero-order chi connectivity index (χ0) is 17.7. The van der Waals surface area contributed by atoms with Crippen LogP contribution in [-0.4, -0.2) is 72.8 Å². The maximum absolute atomic E-state index is 12.0. The number of hydrogen-bond acceptors (Lipinski definition) is 5. The first-order valence-corrected chi connectivity index (χ1v) is 8.59. The number of aromatic nitrogens is 1. The van der Waals surface area contributed by atoms with Crippen molar-refractivity contribution in [3.63, 3.8) is 0 Å². The Balaban J connectivity index is 1.73. The lowest BCUT2D eigenvalue weighted by Gasteiger charge is -2.36. The molecule has 0 saturated carbocycles. The molecule has 0 spiro atoms. The van der Waals surface area contributed by atoms with E-state index in [1.165, 1.54) is 5.56 Å². The van der Waals surface area contributed by atoms with E-state index in [0.717, 1.165) is 38.5 Å². The molecule has 0 atom stereocenters. The maximum Gasteiger partial charge on any atom is 0.410 e. The normalized spacial score (nSPS) is 16.1. The third-order valence-electron chi connectivity index (χ3n) is 4.05. The molecule has 0 aliphatic carbocycles. The van der Waals surface area contributed by atoms with Gasteiger partial charge in [-0.3, -0.25) is 4.90 Å². The molecule has 0 aromatic carbocycles. The topological polar surface area (TPSA) is 48.9 Å². The molecule has 24 heavy (non-hydrogen) atoms. The van der Waals surface area contributed by atoms with Crippen molar-refractivity contribution >= 4 is 11.9 Å². The van der Waals surface area contributed by atoms with Gasteiger partial charge in [0, 0.05) is 52.5 Å². The van der Waals surface area contributed by atoms with E-state index in [1.807, 2.05) is 27.0 Å². The number of piperazine rings is 1. The van der Waals surface area contributed by atoms with Crippen LogP contribution >= 0.6 is 0 Å². The van der Waals surface area contributed by atoms with E-state index in [2.05, 4.69) is 33.8 Å². The first-order valence-electron chi connectivity index (χ1n) is 8.59. The molecule has 2 rings (SSSR count). The van der Waals surface area contributed by atoms with E-state index in [1.54, 1.807) is 11.9 Å². The summed E-state index contributed by atoms with van der Waals surface area (Å²) in [6, 6.07) is 4.19. The SMILES string of the molecule is Cc1ccc(N2CCN(CCN(C)C(=O)OC(C)(C)C)CC2)nc1. The van der Waals surface area contributed by atoms with Crippen molar-refractivity contribution in [2.75, 3.05) is 51.2 Å². The molecule has 6 nitrogen and oxygen atoms in total. The summed E-state index contributed by atoms with van der Waals surface area (Å²) in [6.07, 6.45) is 1.65. The Labute approximate surface area is 145 Å². The van der Waals surface area contributed by atoms with Crippen LogP contribution in [0.5, 0.6) is 0 Å². The average Bonchev–Trinajstić information content (AvgIpc) is 2.52. The van der Waals surface area contributed by atoms with Gasteiger partial charge in [-0.05, 0) is 39.3 Å². The first-order chi connectivity index (χ1) is 11.2. The van der Waals surface area contributed by atoms with Gasteiger partial charge in [0.2, 0.25) is 0 Å². The molecule has 1 aliphatic rings. The number of rotatable bonds is 4. The lowest BCUT2D eigenvalue weighted by atomic mass is 10.2. The summed E-state index contributed by atoms with van der Waals surface area (Å²) in [6.45, 7) is 13.2.